The van der Waals surface area contributed by atoms with Gasteiger partial charge >= 0.3 is 5.97 Å². The van der Waals surface area contributed by atoms with Crippen molar-refractivity contribution < 1.29 is 19.4 Å². The molecule has 0 saturated heterocycles. The number of phenols is 1. The van der Waals surface area contributed by atoms with Crippen molar-refractivity contribution >= 4 is 40.4 Å². The molecule has 3 aromatic carbocycles. The highest BCUT2D eigenvalue weighted by atomic mass is 32.1. The summed E-state index contributed by atoms with van der Waals surface area (Å²) in [6.07, 6.45) is 0. The number of aromatic nitrogens is 3. The van der Waals surface area contributed by atoms with Gasteiger partial charge in [-0.25, -0.2) is 4.79 Å². The monoisotopic (exact) mass is 395 g/mol. The molecule has 0 spiro atoms. The third kappa shape index (κ3) is 3.22. The molecular weight excluding hydrogens is 378 g/mol. The topological polar surface area (TPSA) is 86.5 Å². The average Bonchev–Trinajstić information content (AvgIpc) is 3.15. The zero-order valence-corrected chi connectivity index (χ0v) is 15.9. The molecule has 8 heteroatoms. The SMILES string of the molecule is COC(=O)c1cccc2nn(-c3cc4cc(OCCS)ccc4cc3O)nc12. The van der Waals surface area contributed by atoms with E-state index < -0.39 is 5.97 Å². The number of fused-ring (bicyclic) bond motifs is 2. The Labute approximate surface area is 165 Å². The Bertz CT molecular complexity index is 1190. The van der Waals surface area contributed by atoms with Gasteiger partial charge in [-0.3, -0.25) is 0 Å². The average molecular weight is 395 g/mol. The molecule has 0 atom stereocenters. The number of ether oxygens (including phenoxy) is 2. The summed E-state index contributed by atoms with van der Waals surface area (Å²) in [6.45, 7) is 0.502. The molecule has 28 heavy (non-hydrogen) atoms. The van der Waals surface area contributed by atoms with Crippen LogP contribution in [0.2, 0.25) is 0 Å². The molecule has 1 aromatic heterocycles. The minimum absolute atomic E-state index is 0.0245. The van der Waals surface area contributed by atoms with Gasteiger partial charge in [0, 0.05) is 5.75 Å². The van der Waals surface area contributed by atoms with E-state index in [4.69, 9.17) is 9.47 Å². The van der Waals surface area contributed by atoms with E-state index >= 15 is 0 Å². The number of thiol groups is 1. The third-order valence-electron chi connectivity index (χ3n) is 4.30. The van der Waals surface area contributed by atoms with Gasteiger partial charge in [0.25, 0.3) is 0 Å². The lowest BCUT2D eigenvalue weighted by molar-refractivity contribution is 0.0602. The van der Waals surface area contributed by atoms with E-state index in [0.29, 0.717) is 40.4 Å². The van der Waals surface area contributed by atoms with Gasteiger partial charge in [-0.05, 0) is 47.2 Å². The fourth-order valence-corrected chi connectivity index (χ4v) is 3.08. The largest absolute Gasteiger partial charge is 0.506 e. The smallest absolute Gasteiger partial charge is 0.340 e. The Hall–Kier alpha value is -3.26. The van der Waals surface area contributed by atoms with E-state index in [-0.39, 0.29) is 5.75 Å². The van der Waals surface area contributed by atoms with Crippen LogP contribution in [0, 0.1) is 0 Å². The maximum atomic E-state index is 12.0. The summed E-state index contributed by atoms with van der Waals surface area (Å²) in [7, 11) is 1.31. The van der Waals surface area contributed by atoms with Crippen molar-refractivity contribution in [2.45, 2.75) is 0 Å². The summed E-state index contributed by atoms with van der Waals surface area (Å²) in [5.74, 6) is 0.859. The van der Waals surface area contributed by atoms with Gasteiger partial charge in [0.05, 0.1) is 19.3 Å². The first-order valence-electron chi connectivity index (χ1n) is 8.56. The first-order valence-corrected chi connectivity index (χ1v) is 9.19. The second-order valence-electron chi connectivity index (χ2n) is 6.08. The van der Waals surface area contributed by atoms with E-state index in [1.54, 1.807) is 30.3 Å². The number of hydrogen-bond donors (Lipinski definition) is 2. The lowest BCUT2D eigenvalue weighted by Crippen LogP contribution is -2.03. The van der Waals surface area contributed by atoms with E-state index in [2.05, 4.69) is 22.8 Å². The van der Waals surface area contributed by atoms with E-state index in [9.17, 15) is 9.90 Å². The summed E-state index contributed by atoms with van der Waals surface area (Å²) in [5, 5.41) is 21.0. The Balaban J connectivity index is 1.83. The van der Waals surface area contributed by atoms with Crippen LogP contribution in [0.4, 0.5) is 0 Å². The molecule has 0 saturated carbocycles. The van der Waals surface area contributed by atoms with Gasteiger partial charge in [-0.1, -0.05) is 12.1 Å². The highest BCUT2D eigenvalue weighted by Crippen LogP contribution is 2.30. The van der Waals surface area contributed by atoms with Crippen LogP contribution >= 0.6 is 12.6 Å². The number of aromatic hydroxyl groups is 1. The normalized spacial score (nSPS) is 11.1. The number of rotatable bonds is 5. The molecule has 0 radical (unpaired) electrons. The number of methoxy groups -OCH3 is 1. The fraction of sp³-hybridized carbons (Fsp3) is 0.150. The zero-order valence-electron chi connectivity index (χ0n) is 15.0. The van der Waals surface area contributed by atoms with Crippen LogP contribution in [0.5, 0.6) is 11.5 Å². The maximum Gasteiger partial charge on any atom is 0.340 e. The molecule has 7 nitrogen and oxygen atoms in total. The van der Waals surface area contributed by atoms with Crippen molar-refractivity contribution in [2.24, 2.45) is 0 Å². The van der Waals surface area contributed by atoms with Crippen molar-refractivity contribution in [3.05, 3.63) is 54.1 Å². The van der Waals surface area contributed by atoms with Crippen molar-refractivity contribution in [3.8, 4) is 17.2 Å². The van der Waals surface area contributed by atoms with Crippen LogP contribution < -0.4 is 4.74 Å². The van der Waals surface area contributed by atoms with Crippen LogP contribution in [0.15, 0.2) is 48.5 Å². The highest BCUT2D eigenvalue weighted by Gasteiger charge is 2.16. The molecule has 1 heterocycles. The van der Waals surface area contributed by atoms with Crippen molar-refractivity contribution in [3.63, 3.8) is 0 Å². The minimum atomic E-state index is -0.494. The molecule has 4 aromatic rings. The molecular formula is C20H17N3O4S. The number of phenolic OH excluding ortho intramolecular Hbond substituents is 1. The van der Waals surface area contributed by atoms with Crippen molar-refractivity contribution in [1.29, 1.82) is 0 Å². The van der Waals surface area contributed by atoms with Crippen LogP contribution in [0.25, 0.3) is 27.5 Å². The molecule has 142 valence electrons. The maximum absolute atomic E-state index is 12.0. The zero-order chi connectivity index (χ0) is 19.7. The second kappa shape index (κ2) is 7.40. The van der Waals surface area contributed by atoms with Crippen LogP contribution in [0.1, 0.15) is 10.4 Å². The van der Waals surface area contributed by atoms with Gasteiger partial charge in [-0.2, -0.15) is 12.6 Å². The van der Waals surface area contributed by atoms with Crippen LogP contribution in [0.3, 0.4) is 0 Å². The van der Waals surface area contributed by atoms with Gasteiger partial charge < -0.3 is 14.6 Å². The van der Waals surface area contributed by atoms with E-state index in [1.807, 2.05) is 18.2 Å². The highest BCUT2D eigenvalue weighted by molar-refractivity contribution is 7.80. The predicted molar refractivity (Wildman–Crippen MR) is 109 cm³/mol. The summed E-state index contributed by atoms with van der Waals surface area (Å²) in [4.78, 5) is 13.3. The molecule has 4 rings (SSSR count). The first kappa shape index (κ1) is 18.1. The van der Waals surface area contributed by atoms with Crippen LogP contribution in [-0.2, 0) is 4.74 Å². The van der Waals surface area contributed by atoms with E-state index in [1.165, 1.54) is 11.9 Å². The third-order valence-corrected chi connectivity index (χ3v) is 4.48. The number of hydrogen-bond acceptors (Lipinski definition) is 7. The predicted octanol–water partition coefficient (Wildman–Crippen LogP) is 3.37. The van der Waals surface area contributed by atoms with Crippen molar-refractivity contribution in [1.82, 2.24) is 15.0 Å². The Morgan fingerprint density at radius 2 is 2.00 bits per heavy atom. The van der Waals surface area contributed by atoms with Gasteiger partial charge in [0.15, 0.2) is 0 Å². The quantitative estimate of drug-likeness (QED) is 0.398. The standard InChI is InChI=1S/C20H17N3O4S/c1-26-20(25)15-3-2-4-16-19(15)22-23(21-16)17-10-13-9-14(27-7-8-28)6-5-12(13)11-18(17)24/h2-6,9-11,24,28H,7-8H2,1H3. The molecule has 0 aliphatic carbocycles. The molecule has 0 aliphatic rings. The van der Waals surface area contributed by atoms with Gasteiger partial charge in [0.1, 0.15) is 28.2 Å². The molecule has 0 bridgehead atoms. The van der Waals surface area contributed by atoms with Crippen molar-refractivity contribution in [2.75, 3.05) is 19.5 Å². The second-order valence-corrected chi connectivity index (χ2v) is 6.52. The summed E-state index contributed by atoms with van der Waals surface area (Å²) < 4.78 is 10.4. The number of esters is 1. The fourth-order valence-electron chi connectivity index (χ4n) is 2.98. The molecule has 1 N–H and O–H groups in total. The summed E-state index contributed by atoms with van der Waals surface area (Å²) >= 11 is 4.14. The minimum Gasteiger partial charge on any atom is -0.506 e. The lowest BCUT2D eigenvalue weighted by atomic mass is 10.1. The number of carbonyl (C=O) groups is 1. The Morgan fingerprint density at radius 3 is 2.79 bits per heavy atom. The first-order chi connectivity index (χ1) is 13.6. The Kier molecular flexibility index (Phi) is 4.79. The number of nitrogens with zero attached hydrogens (tertiary/aromatic N) is 3. The number of carbonyl (C=O) groups excluding carboxylic acids is 1. The van der Waals surface area contributed by atoms with Crippen LogP contribution in [-0.4, -0.2) is 45.5 Å². The molecule has 0 unspecified atom stereocenters. The van der Waals surface area contributed by atoms with E-state index in [0.717, 1.165) is 10.8 Å². The molecule has 0 amide bonds. The van der Waals surface area contributed by atoms with Gasteiger partial charge in [-0.15, -0.1) is 15.0 Å². The lowest BCUT2D eigenvalue weighted by Gasteiger charge is -2.08. The molecule has 0 aliphatic heterocycles. The molecule has 0 fully saturated rings. The summed E-state index contributed by atoms with van der Waals surface area (Å²) in [6, 6.07) is 14.1. The summed E-state index contributed by atoms with van der Waals surface area (Å²) in [5.41, 5.74) is 1.63. The van der Waals surface area contributed by atoms with Gasteiger partial charge in [0.2, 0.25) is 0 Å². The number of benzene rings is 3. The Morgan fingerprint density at radius 1 is 1.14 bits per heavy atom.